The van der Waals surface area contributed by atoms with Crippen LogP contribution in [0.3, 0.4) is 0 Å². The summed E-state index contributed by atoms with van der Waals surface area (Å²) < 4.78 is 14.4. The lowest BCUT2D eigenvalue weighted by Gasteiger charge is -2.17. The molecule has 8 heteroatoms. The van der Waals surface area contributed by atoms with Gasteiger partial charge in [0.2, 0.25) is 0 Å². The van der Waals surface area contributed by atoms with Crippen LogP contribution < -0.4 is 0 Å². The average molecular weight is 485 g/mol. The first-order chi connectivity index (χ1) is 15.7. The standard InChI is InChI=1S/C25H22ClFN2O3S/c1-13-5-15(24-20(27)9-17(26)10-29-24)6-14(2)22(13)23-21(31)8-16(25(23)32)7-18(30)3-4-19-11-28-12-33-19/h5-6,9-12,16,23H,3-4,7-8H2,1-2H3. The van der Waals surface area contributed by atoms with Crippen molar-refractivity contribution in [3.8, 4) is 11.3 Å². The van der Waals surface area contributed by atoms with E-state index in [4.69, 9.17) is 11.6 Å². The predicted molar refractivity (Wildman–Crippen MR) is 125 cm³/mol. The first-order valence-corrected chi connectivity index (χ1v) is 11.9. The fraction of sp³-hybridized carbons (Fsp3) is 0.320. The first-order valence-electron chi connectivity index (χ1n) is 10.6. The van der Waals surface area contributed by atoms with E-state index in [0.29, 0.717) is 35.1 Å². The van der Waals surface area contributed by atoms with Crippen LogP contribution in [0.1, 0.15) is 46.7 Å². The number of aromatic nitrogens is 2. The molecule has 0 aliphatic heterocycles. The largest absolute Gasteiger partial charge is 0.300 e. The first kappa shape index (κ1) is 23.4. The van der Waals surface area contributed by atoms with Crippen LogP contribution >= 0.6 is 22.9 Å². The highest BCUT2D eigenvalue weighted by Gasteiger charge is 2.43. The van der Waals surface area contributed by atoms with Gasteiger partial charge in [0.25, 0.3) is 0 Å². The third kappa shape index (κ3) is 4.94. The molecule has 2 aromatic heterocycles. The Hall–Kier alpha value is -2.77. The molecule has 0 bridgehead atoms. The fourth-order valence-corrected chi connectivity index (χ4v) is 5.27. The van der Waals surface area contributed by atoms with Gasteiger partial charge in [-0.25, -0.2) is 4.39 Å². The lowest BCUT2D eigenvalue weighted by atomic mass is 9.85. The molecule has 1 aromatic carbocycles. The molecule has 2 atom stereocenters. The quantitative estimate of drug-likeness (QED) is 0.417. The Kier molecular flexibility index (Phi) is 6.81. The molecule has 0 radical (unpaired) electrons. The van der Waals surface area contributed by atoms with E-state index in [9.17, 15) is 18.8 Å². The number of pyridine rings is 1. The molecule has 4 rings (SSSR count). The molecule has 5 nitrogen and oxygen atoms in total. The van der Waals surface area contributed by atoms with Crippen molar-refractivity contribution in [2.45, 2.75) is 45.4 Å². The van der Waals surface area contributed by atoms with Crippen molar-refractivity contribution < 1.29 is 18.8 Å². The molecule has 33 heavy (non-hydrogen) atoms. The Morgan fingerprint density at radius 2 is 1.91 bits per heavy atom. The minimum atomic E-state index is -0.888. The second-order valence-electron chi connectivity index (χ2n) is 8.42. The molecular formula is C25H22ClFN2O3S. The number of aryl methyl sites for hydroxylation is 3. The number of nitrogens with zero attached hydrogens (tertiary/aromatic N) is 2. The number of Topliss-reactive ketones (excluding diaryl/α,β-unsaturated/α-hetero) is 3. The summed E-state index contributed by atoms with van der Waals surface area (Å²) in [6, 6.07) is 4.66. The van der Waals surface area contributed by atoms with Crippen molar-refractivity contribution in [2.24, 2.45) is 5.92 Å². The summed E-state index contributed by atoms with van der Waals surface area (Å²) in [6.07, 6.45) is 4.19. The van der Waals surface area contributed by atoms with Gasteiger partial charge in [-0.15, -0.1) is 11.3 Å². The van der Waals surface area contributed by atoms with Crippen LogP contribution in [0, 0.1) is 25.6 Å². The van der Waals surface area contributed by atoms with Crippen LogP contribution in [0.2, 0.25) is 5.02 Å². The molecule has 1 aliphatic rings. The number of hydrogen-bond acceptors (Lipinski definition) is 6. The van der Waals surface area contributed by atoms with Crippen LogP contribution in [0.25, 0.3) is 11.3 Å². The Morgan fingerprint density at radius 3 is 2.55 bits per heavy atom. The highest BCUT2D eigenvalue weighted by atomic mass is 35.5. The number of ketones is 3. The summed E-state index contributed by atoms with van der Waals surface area (Å²) >= 11 is 7.29. The average Bonchev–Trinajstić information content (AvgIpc) is 3.35. The summed E-state index contributed by atoms with van der Waals surface area (Å²) in [4.78, 5) is 47.6. The van der Waals surface area contributed by atoms with Crippen LogP contribution in [-0.4, -0.2) is 27.3 Å². The van der Waals surface area contributed by atoms with E-state index in [1.54, 1.807) is 37.7 Å². The second kappa shape index (κ2) is 9.61. The summed E-state index contributed by atoms with van der Waals surface area (Å²) in [6.45, 7) is 3.60. The Labute approximate surface area is 200 Å². The number of thiazole rings is 1. The molecule has 0 N–H and O–H groups in total. The smallest absolute Gasteiger partial charge is 0.151 e. The summed E-state index contributed by atoms with van der Waals surface area (Å²) in [5.41, 5.74) is 4.50. The van der Waals surface area contributed by atoms with Gasteiger partial charge in [-0.05, 0) is 55.2 Å². The van der Waals surface area contributed by atoms with E-state index < -0.39 is 17.7 Å². The molecule has 1 aliphatic carbocycles. The van der Waals surface area contributed by atoms with Gasteiger partial charge >= 0.3 is 0 Å². The second-order valence-corrected chi connectivity index (χ2v) is 9.83. The van der Waals surface area contributed by atoms with E-state index in [2.05, 4.69) is 9.97 Å². The summed E-state index contributed by atoms with van der Waals surface area (Å²) in [5.74, 6) is -2.43. The van der Waals surface area contributed by atoms with Crippen molar-refractivity contribution in [3.63, 3.8) is 0 Å². The lowest BCUT2D eigenvalue weighted by Crippen LogP contribution is -2.19. The minimum absolute atomic E-state index is 0.0247. The van der Waals surface area contributed by atoms with Crippen LogP contribution in [-0.2, 0) is 20.8 Å². The SMILES string of the molecule is Cc1cc(-c2ncc(Cl)cc2F)cc(C)c1C1C(=O)CC(CC(=O)CCc2cncs2)C1=O. The maximum atomic E-state index is 14.4. The molecule has 2 heterocycles. The molecule has 1 fully saturated rings. The number of benzene rings is 1. The fourth-order valence-electron chi connectivity index (χ4n) is 4.53. The Bertz CT molecular complexity index is 1220. The maximum absolute atomic E-state index is 14.4. The van der Waals surface area contributed by atoms with E-state index in [1.165, 1.54) is 23.6 Å². The molecule has 0 saturated heterocycles. The molecule has 0 spiro atoms. The van der Waals surface area contributed by atoms with Crippen molar-refractivity contribution >= 4 is 40.3 Å². The third-order valence-corrected chi connectivity index (χ3v) is 7.07. The molecule has 3 aromatic rings. The van der Waals surface area contributed by atoms with Gasteiger partial charge in [0.1, 0.15) is 23.2 Å². The van der Waals surface area contributed by atoms with Crippen LogP contribution in [0.5, 0.6) is 0 Å². The van der Waals surface area contributed by atoms with Gasteiger partial charge in [0, 0.05) is 48.0 Å². The molecule has 170 valence electrons. The zero-order valence-corrected chi connectivity index (χ0v) is 19.8. The summed E-state index contributed by atoms with van der Waals surface area (Å²) in [7, 11) is 0. The zero-order valence-electron chi connectivity index (χ0n) is 18.2. The van der Waals surface area contributed by atoms with Gasteiger partial charge in [-0.3, -0.25) is 24.4 Å². The van der Waals surface area contributed by atoms with E-state index >= 15 is 0 Å². The predicted octanol–water partition coefficient (Wildman–Crippen LogP) is 5.45. The number of halogens is 2. The highest BCUT2D eigenvalue weighted by Crippen LogP contribution is 2.39. The monoisotopic (exact) mass is 484 g/mol. The Morgan fingerprint density at radius 1 is 1.18 bits per heavy atom. The highest BCUT2D eigenvalue weighted by molar-refractivity contribution is 7.09. The molecule has 0 amide bonds. The number of rotatable bonds is 7. The lowest BCUT2D eigenvalue weighted by molar-refractivity contribution is -0.127. The number of hydrogen-bond donors (Lipinski definition) is 0. The van der Waals surface area contributed by atoms with E-state index in [1.807, 2.05) is 0 Å². The molecule has 1 saturated carbocycles. The zero-order chi connectivity index (χ0) is 23.7. The number of carbonyl (C=O) groups excluding carboxylic acids is 3. The van der Waals surface area contributed by atoms with Gasteiger partial charge in [0.15, 0.2) is 11.6 Å². The van der Waals surface area contributed by atoms with Gasteiger partial charge in [0.05, 0.1) is 10.5 Å². The number of carbonyl (C=O) groups is 3. The normalized spacial score (nSPS) is 18.2. The van der Waals surface area contributed by atoms with Crippen molar-refractivity contribution in [2.75, 3.05) is 0 Å². The molecular weight excluding hydrogens is 463 g/mol. The van der Waals surface area contributed by atoms with Gasteiger partial charge in [-0.1, -0.05) is 11.6 Å². The van der Waals surface area contributed by atoms with Crippen molar-refractivity contribution in [1.82, 2.24) is 9.97 Å². The molecule has 2 unspecified atom stereocenters. The van der Waals surface area contributed by atoms with Gasteiger partial charge in [-0.2, -0.15) is 0 Å². The van der Waals surface area contributed by atoms with Gasteiger partial charge < -0.3 is 0 Å². The Balaban J connectivity index is 1.53. The topological polar surface area (TPSA) is 77.0 Å². The minimum Gasteiger partial charge on any atom is -0.300 e. The van der Waals surface area contributed by atoms with E-state index in [0.717, 1.165) is 4.88 Å². The summed E-state index contributed by atoms with van der Waals surface area (Å²) in [5, 5.41) is 0.205. The maximum Gasteiger partial charge on any atom is 0.151 e. The van der Waals surface area contributed by atoms with Crippen LogP contribution in [0.15, 0.2) is 36.1 Å². The third-order valence-electron chi connectivity index (χ3n) is 6.03. The van der Waals surface area contributed by atoms with Crippen molar-refractivity contribution in [1.29, 1.82) is 0 Å². The van der Waals surface area contributed by atoms with Crippen molar-refractivity contribution in [3.05, 3.63) is 68.5 Å². The van der Waals surface area contributed by atoms with E-state index in [-0.39, 0.29) is 40.9 Å². The van der Waals surface area contributed by atoms with Crippen LogP contribution in [0.4, 0.5) is 4.39 Å².